The van der Waals surface area contributed by atoms with Crippen molar-refractivity contribution in [2.75, 3.05) is 26.3 Å². The average molecular weight is 235 g/mol. The summed E-state index contributed by atoms with van der Waals surface area (Å²) >= 11 is 0. The standard InChI is InChI=1S/C13H22BNO2/c14-13(16,12-4-6-17-7-5-12)15-8-10-2-1-3-11(10)9-15/h10-12,16H,1-9H2. The van der Waals surface area contributed by atoms with E-state index < -0.39 is 5.62 Å². The second-order valence-electron chi connectivity index (χ2n) is 6.03. The molecule has 2 heterocycles. The topological polar surface area (TPSA) is 32.7 Å². The van der Waals surface area contributed by atoms with Gasteiger partial charge in [-0.05, 0) is 43.4 Å². The van der Waals surface area contributed by atoms with Crippen molar-refractivity contribution in [2.24, 2.45) is 17.8 Å². The Morgan fingerprint density at radius 3 is 2.24 bits per heavy atom. The summed E-state index contributed by atoms with van der Waals surface area (Å²) in [5.41, 5.74) is -1.10. The molecule has 3 fully saturated rings. The maximum absolute atomic E-state index is 10.6. The molecule has 94 valence electrons. The van der Waals surface area contributed by atoms with Gasteiger partial charge in [-0.2, -0.15) is 0 Å². The van der Waals surface area contributed by atoms with E-state index in [-0.39, 0.29) is 5.92 Å². The Balaban J connectivity index is 1.66. The fourth-order valence-corrected chi connectivity index (χ4v) is 3.91. The van der Waals surface area contributed by atoms with Crippen LogP contribution in [0.1, 0.15) is 32.1 Å². The SMILES string of the molecule is [B]C(O)(C1CCOCC1)N1CC2CCCC2C1. The fourth-order valence-electron chi connectivity index (χ4n) is 3.91. The lowest BCUT2D eigenvalue weighted by atomic mass is 9.74. The molecule has 0 aromatic carbocycles. The van der Waals surface area contributed by atoms with Crippen LogP contribution in [0.3, 0.4) is 0 Å². The molecule has 17 heavy (non-hydrogen) atoms. The third kappa shape index (κ3) is 2.15. The molecule has 3 nitrogen and oxygen atoms in total. The third-order valence-electron chi connectivity index (χ3n) is 5.06. The first-order valence-electron chi connectivity index (χ1n) is 7.02. The third-order valence-corrected chi connectivity index (χ3v) is 5.06. The molecule has 3 aliphatic rings. The Morgan fingerprint density at radius 2 is 1.65 bits per heavy atom. The van der Waals surface area contributed by atoms with Crippen LogP contribution in [0, 0.1) is 17.8 Å². The predicted octanol–water partition coefficient (Wildman–Crippen LogP) is 0.959. The first kappa shape index (κ1) is 12.0. The van der Waals surface area contributed by atoms with E-state index in [4.69, 9.17) is 12.6 Å². The molecule has 4 heteroatoms. The summed E-state index contributed by atoms with van der Waals surface area (Å²) < 4.78 is 5.35. The molecule has 0 aromatic rings. The summed E-state index contributed by atoms with van der Waals surface area (Å²) in [6, 6.07) is 0. The van der Waals surface area contributed by atoms with Crippen LogP contribution in [0.15, 0.2) is 0 Å². The molecule has 2 radical (unpaired) electrons. The summed E-state index contributed by atoms with van der Waals surface area (Å²) in [6.45, 7) is 3.47. The number of fused-ring (bicyclic) bond motifs is 1. The normalized spacial score (nSPS) is 39.1. The molecule has 0 spiro atoms. The maximum atomic E-state index is 10.6. The average Bonchev–Trinajstić information content (AvgIpc) is 2.90. The van der Waals surface area contributed by atoms with Crippen molar-refractivity contribution in [3.05, 3.63) is 0 Å². The minimum Gasteiger partial charge on any atom is -0.385 e. The Morgan fingerprint density at radius 1 is 1.06 bits per heavy atom. The van der Waals surface area contributed by atoms with Crippen LogP contribution in [0.4, 0.5) is 0 Å². The summed E-state index contributed by atoms with van der Waals surface area (Å²) in [5.74, 6) is 1.74. The molecule has 1 N–H and O–H groups in total. The Kier molecular flexibility index (Phi) is 3.22. The van der Waals surface area contributed by atoms with Crippen molar-refractivity contribution >= 4 is 7.85 Å². The predicted molar refractivity (Wildman–Crippen MR) is 66.7 cm³/mol. The van der Waals surface area contributed by atoms with Gasteiger partial charge >= 0.3 is 0 Å². The monoisotopic (exact) mass is 235 g/mol. The largest absolute Gasteiger partial charge is 0.385 e. The highest BCUT2D eigenvalue weighted by Crippen LogP contribution is 2.41. The van der Waals surface area contributed by atoms with E-state index in [0.29, 0.717) is 0 Å². The van der Waals surface area contributed by atoms with Gasteiger partial charge in [0.05, 0.1) is 5.62 Å². The lowest BCUT2D eigenvalue weighted by Crippen LogP contribution is -2.55. The van der Waals surface area contributed by atoms with Gasteiger partial charge in [0.25, 0.3) is 0 Å². The molecule has 1 aliphatic carbocycles. The molecule has 3 rings (SSSR count). The highest BCUT2D eigenvalue weighted by Gasteiger charge is 2.45. The summed E-state index contributed by atoms with van der Waals surface area (Å²) in [4.78, 5) is 2.14. The molecular weight excluding hydrogens is 213 g/mol. The van der Waals surface area contributed by atoms with Gasteiger partial charge in [-0.3, -0.25) is 4.90 Å². The van der Waals surface area contributed by atoms with Crippen LogP contribution in [0.2, 0.25) is 0 Å². The maximum Gasteiger partial charge on any atom is 0.136 e. The summed E-state index contributed by atoms with van der Waals surface area (Å²) in [5, 5.41) is 10.6. The van der Waals surface area contributed by atoms with Gasteiger partial charge in [0, 0.05) is 26.3 Å². The lowest BCUT2D eigenvalue weighted by molar-refractivity contribution is -0.102. The first-order valence-corrected chi connectivity index (χ1v) is 7.02. The number of ether oxygens (including phenoxy) is 1. The van der Waals surface area contributed by atoms with E-state index in [9.17, 15) is 5.11 Å². The number of hydrogen-bond acceptors (Lipinski definition) is 3. The Hall–Kier alpha value is -0.0551. The molecule has 3 unspecified atom stereocenters. The molecule has 0 aromatic heterocycles. The fraction of sp³-hybridized carbons (Fsp3) is 1.00. The Bertz CT molecular complexity index is 267. The quantitative estimate of drug-likeness (QED) is 0.723. The molecular formula is C13H22BNO2. The first-order chi connectivity index (χ1) is 8.18. The van der Waals surface area contributed by atoms with Crippen molar-refractivity contribution in [1.82, 2.24) is 4.90 Å². The van der Waals surface area contributed by atoms with Crippen LogP contribution < -0.4 is 0 Å². The van der Waals surface area contributed by atoms with Gasteiger partial charge < -0.3 is 9.84 Å². The summed E-state index contributed by atoms with van der Waals surface area (Å²) in [6.07, 6.45) is 5.79. The highest BCUT2D eigenvalue weighted by molar-refractivity contribution is 6.14. The number of aliphatic hydroxyl groups is 1. The summed E-state index contributed by atoms with van der Waals surface area (Å²) in [7, 11) is 6.23. The second kappa shape index (κ2) is 4.56. The van der Waals surface area contributed by atoms with E-state index in [0.717, 1.165) is 51.0 Å². The van der Waals surface area contributed by atoms with E-state index in [1.54, 1.807) is 0 Å². The number of nitrogens with zero attached hydrogens (tertiary/aromatic N) is 1. The molecule has 2 aliphatic heterocycles. The zero-order valence-corrected chi connectivity index (χ0v) is 10.5. The van der Waals surface area contributed by atoms with E-state index in [1.165, 1.54) is 19.3 Å². The van der Waals surface area contributed by atoms with E-state index in [1.807, 2.05) is 0 Å². The Labute approximate surface area is 105 Å². The van der Waals surface area contributed by atoms with Crippen LogP contribution in [-0.2, 0) is 4.74 Å². The zero-order chi connectivity index (χ0) is 11.9. The molecule has 3 atom stereocenters. The van der Waals surface area contributed by atoms with Crippen molar-refractivity contribution < 1.29 is 9.84 Å². The molecule has 0 bridgehead atoms. The van der Waals surface area contributed by atoms with E-state index in [2.05, 4.69) is 4.90 Å². The molecule has 0 amide bonds. The van der Waals surface area contributed by atoms with Gasteiger partial charge in [-0.1, -0.05) is 6.42 Å². The second-order valence-corrected chi connectivity index (χ2v) is 6.03. The highest BCUT2D eigenvalue weighted by atomic mass is 16.5. The lowest BCUT2D eigenvalue weighted by Gasteiger charge is -2.43. The minimum atomic E-state index is -1.10. The van der Waals surface area contributed by atoms with Crippen LogP contribution in [-0.4, -0.2) is 49.8 Å². The van der Waals surface area contributed by atoms with Crippen molar-refractivity contribution in [3.63, 3.8) is 0 Å². The van der Waals surface area contributed by atoms with Crippen LogP contribution in [0.25, 0.3) is 0 Å². The molecule has 1 saturated carbocycles. The van der Waals surface area contributed by atoms with Crippen molar-refractivity contribution in [3.8, 4) is 0 Å². The van der Waals surface area contributed by atoms with Crippen molar-refractivity contribution in [1.29, 1.82) is 0 Å². The van der Waals surface area contributed by atoms with E-state index >= 15 is 0 Å². The van der Waals surface area contributed by atoms with Gasteiger partial charge in [0.2, 0.25) is 0 Å². The molecule has 2 saturated heterocycles. The minimum absolute atomic E-state index is 0.176. The van der Waals surface area contributed by atoms with Crippen molar-refractivity contribution in [2.45, 2.75) is 37.7 Å². The van der Waals surface area contributed by atoms with Crippen LogP contribution in [0.5, 0.6) is 0 Å². The van der Waals surface area contributed by atoms with Gasteiger partial charge in [-0.15, -0.1) is 0 Å². The van der Waals surface area contributed by atoms with Gasteiger partial charge in [-0.25, -0.2) is 0 Å². The van der Waals surface area contributed by atoms with Crippen LogP contribution >= 0.6 is 0 Å². The number of likely N-dealkylation sites (tertiary alicyclic amines) is 1. The van der Waals surface area contributed by atoms with Gasteiger partial charge in [0.15, 0.2) is 0 Å². The number of hydrogen-bond donors (Lipinski definition) is 1. The number of rotatable bonds is 2. The smallest absolute Gasteiger partial charge is 0.136 e. The van der Waals surface area contributed by atoms with Gasteiger partial charge in [0.1, 0.15) is 7.85 Å². The zero-order valence-electron chi connectivity index (χ0n) is 10.5.